The monoisotopic (exact) mass is 177 g/mol. The van der Waals surface area contributed by atoms with E-state index in [1.165, 1.54) is 0 Å². The number of rotatable bonds is 5. The molecule has 1 N–H and O–H groups in total. The lowest BCUT2D eigenvalue weighted by molar-refractivity contribution is -0.120. The summed E-state index contributed by atoms with van der Waals surface area (Å²) in [5.41, 5.74) is 0. The van der Waals surface area contributed by atoms with E-state index in [-0.39, 0.29) is 5.91 Å². The van der Waals surface area contributed by atoms with Gasteiger partial charge in [-0.1, -0.05) is 0 Å². The molecule has 0 aromatic heterocycles. The Bertz CT molecular complexity index is 116. The van der Waals surface area contributed by atoms with Crippen LogP contribution < -0.4 is 5.32 Å². The van der Waals surface area contributed by atoms with E-state index in [1.807, 2.05) is 0 Å². The lowest BCUT2D eigenvalue weighted by Gasteiger charge is -2.09. The zero-order valence-corrected chi connectivity index (χ0v) is 8.37. The van der Waals surface area contributed by atoms with Crippen molar-refractivity contribution < 1.29 is 13.6 Å². The summed E-state index contributed by atoms with van der Waals surface area (Å²) < 4.78 is 10.1. The summed E-state index contributed by atoms with van der Waals surface area (Å²) in [6.45, 7) is 0. The van der Waals surface area contributed by atoms with Gasteiger partial charge in [0.15, 0.2) is 0 Å². The number of hydrogen-bond donors (Lipinski definition) is 1. The van der Waals surface area contributed by atoms with Gasteiger partial charge in [-0.15, -0.1) is 0 Å². The summed E-state index contributed by atoms with van der Waals surface area (Å²) in [6, 6.07) is 0.729. The van der Waals surface area contributed by atoms with Crippen molar-refractivity contribution in [3.63, 3.8) is 0 Å². The first-order chi connectivity index (χ1) is 5.24. The van der Waals surface area contributed by atoms with Crippen LogP contribution in [0.15, 0.2) is 0 Å². The van der Waals surface area contributed by atoms with Gasteiger partial charge in [0.05, 0.1) is 0 Å². The van der Waals surface area contributed by atoms with Crippen LogP contribution in [0.4, 0.5) is 0 Å². The second-order valence-electron chi connectivity index (χ2n) is 2.11. The van der Waals surface area contributed by atoms with Gasteiger partial charge in [0.1, 0.15) is 0 Å². The second kappa shape index (κ2) is 6.33. The van der Waals surface area contributed by atoms with Crippen LogP contribution in [0.1, 0.15) is 6.42 Å². The summed E-state index contributed by atoms with van der Waals surface area (Å²) in [5.74, 6) is 0.0385. The highest BCUT2D eigenvalue weighted by molar-refractivity contribution is 6.44. The van der Waals surface area contributed by atoms with Crippen molar-refractivity contribution in [1.82, 2.24) is 5.32 Å². The third-order valence-electron chi connectivity index (χ3n) is 1.41. The fourth-order valence-corrected chi connectivity index (χ4v) is 1.87. The molecular weight excluding hydrogens is 162 g/mol. The van der Waals surface area contributed by atoms with E-state index in [2.05, 4.69) is 5.32 Å². The Labute approximate surface area is 68.7 Å². The molecule has 0 aromatic rings. The predicted octanol–water partition coefficient (Wildman–Crippen LogP) is -0.364. The Hall–Kier alpha value is -0.393. The normalized spacial score (nSPS) is 10.2. The predicted molar refractivity (Wildman–Crippen MR) is 44.7 cm³/mol. The minimum Gasteiger partial charge on any atom is -0.400 e. The highest BCUT2D eigenvalue weighted by atomic mass is 28.3. The molecule has 0 heterocycles. The first-order valence-electron chi connectivity index (χ1n) is 3.50. The molecule has 0 fully saturated rings. The summed E-state index contributed by atoms with van der Waals surface area (Å²) in [5, 5.41) is 2.54. The standard InChI is InChI=1S/C6H15NO3Si/c1-7-6(8)4-5-11(9-2)10-3/h11H,4-5H2,1-3H3,(H,7,8). The van der Waals surface area contributed by atoms with E-state index in [1.54, 1.807) is 21.3 Å². The van der Waals surface area contributed by atoms with Crippen molar-refractivity contribution in [2.45, 2.75) is 12.5 Å². The van der Waals surface area contributed by atoms with E-state index in [9.17, 15) is 4.79 Å². The van der Waals surface area contributed by atoms with Crippen molar-refractivity contribution in [2.75, 3.05) is 21.3 Å². The minimum absolute atomic E-state index is 0.0385. The van der Waals surface area contributed by atoms with Crippen molar-refractivity contribution in [2.24, 2.45) is 0 Å². The maximum Gasteiger partial charge on any atom is 0.321 e. The van der Waals surface area contributed by atoms with E-state index >= 15 is 0 Å². The van der Waals surface area contributed by atoms with E-state index in [0.717, 1.165) is 6.04 Å². The first-order valence-corrected chi connectivity index (χ1v) is 5.26. The average molecular weight is 177 g/mol. The molecule has 0 aliphatic heterocycles. The highest BCUT2D eigenvalue weighted by Gasteiger charge is 2.10. The van der Waals surface area contributed by atoms with Crippen molar-refractivity contribution in [1.29, 1.82) is 0 Å². The Kier molecular flexibility index (Phi) is 6.10. The van der Waals surface area contributed by atoms with Crippen LogP contribution in [-0.2, 0) is 13.6 Å². The lowest BCUT2D eigenvalue weighted by Crippen LogP contribution is -2.24. The minimum atomic E-state index is -1.52. The fraction of sp³-hybridized carbons (Fsp3) is 0.833. The molecule has 0 saturated heterocycles. The first kappa shape index (κ1) is 10.6. The molecule has 0 saturated carbocycles. The van der Waals surface area contributed by atoms with Gasteiger partial charge in [-0.2, -0.15) is 0 Å². The van der Waals surface area contributed by atoms with Crippen LogP contribution in [0.3, 0.4) is 0 Å². The Morgan fingerprint density at radius 1 is 1.45 bits per heavy atom. The van der Waals surface area contributed by atoms with Crippen LogP contribution in [-0.4, -0.2) is 36.5 Å². The molecule has 0 spiro atoms. The second-order valence-corrected chi connectivity index (χ2v) is 4.49. The van der Waals surface area contributed by atoms with Crippen LogP contribution in [0.25, 0.3) is 0 Å². The maximum atomic E-state index is 10.7. The molecule has 0 radical (unpaired) electrons. The maximum absolute atomic E-state index is 10.7. The number of amides is 1. The van der Waals surface area contributed by atoms with Gasteiger partial charge in [0.25, 0.3) is 0 Å². The topological polar surface area (TPSA) is 47.6 Å². The van der Waals surface area contributed by atoms with Gasteiger partial charge in [-0.3, -0.25) is 4.79 Å². The zero-order chi connectivity index (χ0) is 8.69. The number of hydrogen-bond acceptors (Lipinski definition) is 3. The molecule has 11 heavy (non-hydrogen) atoms. The van der Waals surface area contributed by atoms with Gasteiger partial charge >= 0.3 is 9.28 Å². The molecule has 0 aliphatic carbocycles. The van der Waals surface area contributed by atoms with Crippen molar-refractivity contribution >= 4 is 15.2 Å². The zero-order valence-electron chi connectivity index (χ0n) is 7.22. The van der Waals surface area contributed by atoms with E-state index < -0.39 is 9.28 Å². The van der Waals surface area contributed by atoms with E-state index in [4.69, 9.17) is 8.85 Å². The molecule has 66 valence electrons. The molecule has 0 aromatic carbocycles. The molecule has 1 amide bonds. The van der Waals surface area contributed by atoms with Crippen LogP contribution in [0, 0.1) is 0 Å². The molecule has 0 atom stereocenters. The smallest absolute Gasteiger partial charge is 0.321 e. The Morgan fingerprint density at radius 3 is 2.36 bits per heavy atom. The highest BCUT2D eigenvalue weighted by Crippen LogP contribution is 1.98. The summed E-state index contributed by atoms with van der Waals surface area (Å²) in [6.07, 6.45) is 0.495. The van der Waals surface area contributed by atoms with Gasteiger partial charge in [0, 0.05) is 27.7 Å². The molecule has 0 rings (SSSR count). The molecule has 0 aliphatic rings. The number of carbonyl (C=O) groups is 1. The van der Waals surface area contributed by atoms with Crippen LogP contribution >= 0.6 is 0 Å². The summed E-state index contributed by atoms with van der Waals surface area (Å²) >= 11 is 0. The molecule has 0 unspecified atom stereocenters. The van der Waals surface area contributed by atoms with Crippen LogP contribution in [0.5, 0.6) is 0 Å². The van der Waals surface area contributed by atoms with Gasteiger partial charge < -0.3 is 14.2 Å². The lowest BCUT2D eigenvalue weighted by atomic mass is 10.5. The van der Waals surface area contributed by atoms with Gasteiger partial charge in [-0.05, 0) is 6.04 Å². The Morgan fingerprint density at radius 2 is 2.00 bits per heavy atom. The third kappa shape index (κ3) is 4.94. The molecule has 4 nitrogen and oxygen atoms in total. The van der Waals surface area contributed by atoms with Crippen LogP contribution in [0.2, 0.25) is 6.04 Å². The van der Waals surface area contributed by atoms with Gasteiger partial charge in [-0.25, -0.2) is 0 Å². The van der Waals surface area contributed by atoms with Crippen molar-refractivity contribution in [3.8, 4) is 0 Å². The third-order valence-corrected chi connectivity index (χ3v) is 3.22. The summed E-state index contributed by atoms with van der Waals surface area (Å²) in [7, 11) is 3.33. The van der Waals surface area contributed by atoms with Crippen molar-refractivity contribution in [3.05, 3.63) is 0 Å². The van der Waals surface area contributed by atoms with Gasteiger partial charge in [0.2, 0.25) is 5.91 Å². The number of nitrogens with one attached hydrogen (secondary N) is 1. The van der Waals surface area contributed by atoms with E-state index in [0.29, 0.717) is 6.42 Å². The average Bonchev–Trinajstić information content (AvgIpc) is 2.06. The summed E-state index contributed by atoms with van der Waals surface area (Å²) in [4.78, 5) is 10.7. The SMILES string of the molecule is CNC(=O)CC[SiH](OC)OC. The largest absolute Gasteiger partial charge is 0.400 e. The molecular formula is C6H15NO3Si. The number of carbonyl (C=O) groups excluding carboxylic acids is 1. The quantitative estimate of drug-likeness (QED) is 0.583. The fourth-order valence-electron chi connectivity index (χ4n) is 0.706. The Balaban J connectivity index is 3.42. The molecule has 5 heteroatoms. The molecule has 0 bridgehead atoms.